The van der Waals surface area contributed by atoms with Crippen LogP contribution < -0.4 is 5.32 Å². The van der Waals surface area contributed by atoms with Gasteiger partial charge in [0.1, 0.15) is 10.8 Å². The van der Waals surface area contributed by atoms with E-state index in [1.807, 2.05) is 61.5 Å². The number of thiophene rings is 1. The summed E-state index contributed by atoms with van der Waals surface area (Å²) in [5, 5.41) is 13.5. The molecule has 0 bridgehead atoms. The number of furan rings is 1. The Hall–Kier alpha value is -4.15. The van der Waals surface area contributed by atoms with E-state index < -0.39 is 17.3 Å². The molecule has 2 aromatic carbocycles. The number of carbonyl (C=O) groups excluding carboxylic acids is 2. The molecule has 5 rings (SSSR count). The predicted octanol–water partition coefficient (Wildman–Crippen LogP) is 6.62. The van der Waals surface area contributed by atoms with Crippen LogP contribution in [0.15, 0.2) is 71.1 Å². The molecule has 7 heteroatoms. The smallest absolute Gasteiger partial charge is 0.341 e. The molecule has 0 saturated heterocycles. The molecule has 2 aromatic heterocycles. The Morgan fingerprint density at radius 1 is 1.11 bits per heavy atom. The number of nitrogens with one attached hydrogen (secondary N) is 1. The van der Waals surface area contributed by atoms with Gasteiger partial charge in [0.25, 0.3) is 5.91 Å². The van der Waals surface area contributed by atoms with Gasteiger partial charge in [-0.3, -0.25) is 4.79 Å². The second kappa shape index (κ2) is 10.7. The first-order valence-corrected chi connectivity index (χ1v) is 13.5. The maximum absolute atomic E-state index is 13.2. The van der Waals surface area contributed by atoms with E-state index in [1.165, 1.54) is 16.9 Å². The summed E-state index contributed by atoms with van der Waals surface area (Å²) in [6.07, 6.45) is 2.17. The van der Waals surface area contributed by atoms with E-state index in [-0.39, 0.29) is 12.4 Å². The van der Waals surface area contributed by atoms with Gasteiger partial charge < -0.3 is 14.5 Å². The number of amides is 1. The fourth-order valence-electron chi connectivity index (χ4n) is 4.96. The summed E-state index contributed by atoms with van der Waals surface area (Å²) in [5.41, 5.74) is 3.78. The highest BCUT2D eigenvalue weighted by Gasteiger charge is 2.40. The molecule has 1 atom stereocenters. The zero-order valence-corrected chi connectivity index (χ0v) is 22.2. The van der Waals surface area contributed by atoms with E-state index in [0.29, 0.717) is 42.0 Å². The highest BCUT2D eigenvalue weighted by molar-refractivity contribution is 7.17. The third-order valence-electron chi connectivity index (χ3n) is 6.99. The predicted molar refractivity (Wildman–Crippen MR) is 147 cm³/mol. The highest BCUT2D eigenvalue weighted by atomic mass is 32.1. The number of fused-ring (bicyclic) bond motifs is 1. The summed E-state index contributed by atoms with van der Waals surface area (Å²) in [7, 11) is 0. The number of anilines is 1. The van der Waals surface area contributed by atoms with Gasteiger partial charge in [-0.1, -0.05) is 60.2 Å². The summed E-state index contributed by atoms with van der Waals surface area (Å²) in [6, 6.07) is 23.9. The van der Waals surface area contributed by atoms with E-state index in [9.17, 15) is 14.9 Å². The van der Waals surface area contributed by atoms with Gasteiger partial charge in [0.15, 0.2) is 5.76 Å². The minimum Gasteiger partial charge on any atom is -0.462 e. The molecule has 0 radical (unpaired) electrons. The lowest BCUT2D eigenvalue weighted by atomic mass is 9.70. The van der Waals surface area contributed by atoms with Crippen molar-refractivity contribution in [1.29, 1.82) is 5.26 Å². The molecule has 2 heterocycles. The number of carbonyl (C=O) groups is 2. The van der Waals surface area contributed by atoms with Crippen LogP contribution in [-0.2, 0) is 29.4 Å². The lowest BCUT2D eigenvalue weighted by Crippen LogP contribution is -2.31. The van der Waals surface area contributed by atoms with E-state index in [1.54, 1.807) is 19.1 Å². The zero-order chi connectivity index (χ0) is 26.7. The van der Waals surface area contributed by atoms with Crippen LogP contribution in [-0.4, -0.2) is 18.5 Å². The molecule has 1 aliphatic rings. The maximum Gasteiger partial charge on any atom is 0.341 e. The van der Waals surface area contributed by atoms with Crippen molar-refractivity contribution in [2.75, 3.05) is 11.9 Å². The number of ether oxygens (including phenoxy) is 1. The minimum absolute atomic E-state index is 0.170. The Morgan fingerprint density at radius 3 is 2.58 bits per heavy atom. The van der Waals surface area contributed by atoms with E-state index in [2.05, 4.69) is 11.4 Å². The van der Waals surface area contributed by atoms with Crippen molar-refractivity contribution in [3.05, 3.63) is 111 Å². The number of nitrogens with zero attached hydrogens (tertiary/aromatic N) is 1. The van der Waals surface area contributed by atoms with Crippen molar-refractivity contribution in [2.24, 2.45) is 0 Å². The lowest BCUT2D eigenvalue weighted by Gasteiger charge is -2.31. The van der Waals surface area contributed by atoms with Crippen LogP contribution in [0.25, 0.3) is 0 Å². The molecule has 1 aliphatic carbocycles. The largest absolute Gasteiger partial charge is 0.462 e. The minimum atomic E-state index is -0.682. The monoisotopic (exact) mass is 524 g/mol. The summed E-state index contributed by atoms with van der Waals surface area (Å²) in [5.74, 6) is -0.0522. The SMILES string of the molecule is CCOC(=O)c1c(NC(=O)c2ccc(Cc3ccc(C)cc3)o2)sc2c1CC[C@](C#N)(c1ccccc1)C2. The van der Waals surface area contributed by atoms with E-state index >= 15 is 0 Å². The highest BCUT2D eigenvalue weighted by Crippen LogP contribution is 2.45. The van der Waals surface area contributed by atoms with Gasteiger partial charge >= 0.3 is 5.97 Å². The molecule has 6 nitrogen and oxygen atoms in total. The summed E-state index contributed by atoms with van der Waals surface area (Å²) >= 11 is 1.34. The van der Waals surface area contributed by atoms with Gasteiger partial charge in [-0.15, -0.1) is 11.3 Å². The first-order valence-electron chi connectivity index (χ1n) is 12.7. The first-order chi connectivity index (χ1) is 18.4. The Labute approximate surface area is 225 Å². The van der Waals surface area contributed by atoms with E-state index in [0.717, 1.165) is 21.6 Å². The number of hydrogen-bond donors (Lipinski definition) is 1. The Balaban J connectivity index is 1.41. The van der Waals surface area contributed by atoms with Gasteiger partial charge in [0.2, 0.25) is 0 Å². The average molecular weight is 525 g/mol. The fraction of sp³-hybridized carbons (Fsp3) is 0.258. The van der Waals surface area contributed by atoms with Crippen LogP contribution in [0.5, 0.6) is 0 Å². The molecular formula is C31H28N2O4S. The second-order valence-electron chi connectivity index (χ2n) is 9.55. The van der Waals surface area contributed by atoms with Crippen LogP contribution in [0.1, 0.15) is 67.1 Å². The standard InChI is InChI=1S/C31H28N2O4S/c1-3-36-30(35)27-24-15-16-31(19-32,22-7-5-4-6-8-22)18-26(24)38-29(27)33-28(34)25-14-13-23(37-25)17-21-11-9-20(2)10-12-21/h4-14H,3,15-18H2,1-2H3,(H,33,34)/t31-/m0/s1. The molecule has 0 spiro atoms. The Kier molecular flexibility index (Phi) is 7.17. The number of hydrogen-bond acceptors (Lipinski definition) is 6. The molecule has 0 aliphatic heterocycles. The third kappa shape index (κ3) is 5.00. The number of benzene rings is 2. The summed E-state index contributed by atoms with van der Waals surface area (Å²) in [4.78, 5) is 27.1. The molecule has 192 valence electrons. The normalized spacial score (nSPS) is 16.3. The van der Waals surface area contributed by atoms with Gasteiger partial charge in [0.05, 0.1) is 23.7 Å². The van der Waals surface area contributed by atoms with Crippen LogP contribution in [0.4, 0.5) is 5.00 Å². The topological polar surface area (TPSA) is 92.3 Å². The van der Waals surface area contributed by atoms with E-state index in [4.69, 9.17) is 9.15 Å². The molecule has 1 N–H and O–H groups in total. The van der Waals surface area contributed by atoms with Crippen molar-refractivity contribution in [3.8, 4) is 6.07 Å². The zero-order valence-electron chi connectivity index (χ0n) is 21.4. The van der Waals surface area contributed by atoms with Crippen LogP contribution >= 0.6 is 11.3 Å². The molecule has 0 fully saturated rings. The Bertz CT molecular complexity index is 1510. The lowest BCUT2D eigenvalue weighted by molar-refractivity contribution is 0.0526. The molecule has 1 amide bonds. The fourth-order valence-corrected chi connectivity index (χ4v) is 6.30. The summed E-state index contributed by atoms with van der Waals surface area (Å²) in [6.45, 7) is 4.01. The third-order valence-corrected chi connectivity index (χ3v) is 8.13. The van der Waals surface area contributed by atoms with Crippen molar-refractivity contribution in [3.63, 3.8) is 0 Å². The van der Waals surface area contributed by atoms with Gasteiger partial charge in [-0.05, 0) is 55.5 Å². The van der Waals surface area contributed by atoms with Crippen LogP contribution in [0, 0.1) is 18.3 Å². The molecule has 4 aromatic rings. The maximum atomic E-state index is 13.2. The Morgan fingerprint density at radius 2 is 1.87 bits per heavy atom. The van der Waals surface area contributed by atoms with Crippen molar-refractivity contribution in [1.82, 2.24) is 0 Å². The van der Waals surface area contributed by atoms with Crippen LogP contribution in [0.3, 0.4) is 0 Å². The number of nitriles is 1. The van der Waals surface area contributed by atoms with Crippen molar-refractivity contribution >= 4 is 28.2 Å². The molecule has 38 heavy (non-hydrogen) atoms. The van der Waals surface area contributed by atoms with Crippen molar-refractivity contribution < 1.29 is 18.7 Å². The molecule has 0 saturated carbocycles. The quantitative estimate of drug-likeness (QED) is 0.274. The molecular weight excluding hydrogens is 496 g/mol. The second-order valence-corrected chi connectivity index (χ2v) is 10.7. The van der Waals surface area contributed by atoms with Gasteiger partial charge in [0, 0.05) is 17.7 Å². The van der Waals surface area contributed by atoms with Crippen molar-refractivity contribution in [2.45, 2.75) is 44.9 Å². The number of rotatable bonds is 7. The molecule has 0 unspecified atom stereocenters. The van der Waals surface area contributed by atoms with Crippen LogP contribution in [0.2, 0.25) is 0 Å². The summed E-state index contributed by atoms with van der Waals surface area (Å²) < 4.78 is 11.2. The number of aryl methyl sites for hydroxylation is 1. The first kappa shape index (κ1) is 25.5. The average Bonchev–Trinajstić information content (AvgIpc) is 3.54. The van der Waals surface area contributed by atoms with Gasteiger partial charge in [-0.2, -0.15) is 5.26 Å². The van der Waals surface area contributed by atoms with Gasteiger partial charge in [-0.25, -0.2) is 4.79 Å². The number of esters is 1.